The quantitative estimate of drug-likeness (QED) is 0.761. The van der Waals surface area contributed by atoms with E-state index < -0.39 is 10.0 Å². The molecule has 6 heteroatoms. The van der Waals surface area contributed by atoms with Gasteiger partial charge in [-0.05, 0) is 36.6 Å². The second-order valence-electron chi connectivity index (χ2n) is 4.45. The van der Waals surface area contributed by atoms with Gasteiger partial charge >= 0.3 is 0 Å². The Labute approximate surface area is 119 Å². The molecule has 0 aliphatic rings. The van der Waals surface area contributed by atoms with Crippen LogP contribution < -0.4 is 4.72 Å². The molecule has 108 valence electrons. The minimum atomic E-state index is -3.57. The molecule has 0 heterocycles. The van der Waals surface area contributed by atoms with Crippen molar-refractivity contribution < 1.29 is 13.5 Å². The number of benzene rings is 1. The first-order valence-electron chi connectivity index (χ1n) is 6.32. The van der Waals surface area contributed by atoms with Crippen molar-refractivity contribution in [1.82, 2.24) is 4.72 Å². The fourth-order valence-electron chi connectivity index (χ4n) is 1.81. The summed E-state index contributed by atoms with van der Waals surface area (Å²) >= 11 is 5.89. The third kappa shape index (κ3) is 4.45. The van der Waals surface area contributed by atoms with Crippen molar-refractivity contribution in [3.05, 3.63) is 28.3 Å². The lowest BCUT2D eigenvalue weighted by Crippen LogP contribution is -2.25. The first kappa shape index (κ1) is 16.4. The van der Waals surface area contributed by atoms with E-state index in [-0.39, 0.29) is 11.5 Å². The Morgan fingerprint density at radius 3 is 2.58 bits per heavy atom. The molecule has 0 atom stereocenters. The van der Waals surface area contributed by atoms with E-state index >= 15 is 0 Å². The molecule has 0 amide bonds. The van der Waals surface area contributed by atoms with Crippen LogP contribution in [0.3, 0.4) is 0 Å². The van der Waals surface area contributed by atoms with Gasteiger partial charge in [0.1, 0.15) is 0 Å². The van der Waals surface area contributed by atoms with E-state index in [2.05, 4.69) is 11.6 Å². The van der Waals surface area contributed by atoms with Crippen LogP contribution in [0.25, 0.3) is 0 Å². The summed E-state index contributed by atoms with van der Waals surface area (Å²) in [6.07, 6.45) is 2.83. The fraction of sp³-hybridized carbons (Fsp3) is 0.538. The molecule has 4 nitrogen and oxygen atoms in total. The van der Waals surface area contributed by atoms with Crippen LogP contribution in [0.2, 0.25) is 5.02 Å². The minimum absolute atomic E-state index is 0.139. The number of hydrogen-bond acceptors (Lipinski definition) is 3. The molecule has 0 fully saturated rings. The number of nitrogens with one attached hydrogen (secondary N) is 1. The van der Waals surface area contributed by atoms with Crippen molar-refractivity contribution in [3.8, 4) is 0 Å². The molecule has 0 aliphatic heterocycles. The zero-order chi connectivity index (χ0) is 14.5. The fourth-order valence-corrected chi connectivity index (χ4v) is 3.50. The van der Waals surface area contributed by atoms with E-state index in [1.54, 1.807) is 13.0 Å². The standard InChI is InChI=1S/C13H20ClNO3S/c1-3-4-5-6-15-19(17,18)13-8-12(14)7-11(9-16)10(13)2/h7-8,15-16H,3-6,9H2,1-2H3. The molecule has 1 aromatic carbocycles. The van der Waals surface area contributed by atoms with E-state index in [1.807, 2.05) is 0 Å². The maximum Gasteiger partial charge on any atom is 0.240 e. The maximum atomic E-state index is 12.2. The molecular formula is C13H20ClNO3S. The Bertz CT molecular complexity index is 529. The number of rotatable bonds is 7. The molecule has 0 bridgehead atoms. The van der Waals surface area contributed by atoms with Gasteiger partial charge in [-0.1, -0.05) is 31.4 Å². The maximum absolute atomic E-state index is 12.2. The van der Waals surface area contributed by atoms with Crippen LogP contribution in [-0.4, -0.2) is 20.1 Å². The molecule has 0 saturated heterocycles. The van der Waals surface area contributed by atoms with Gasteiger partial charge < -0.3 is 5.11 Å². The van der Waals surface area contributed by atoms with Gasteiger partial charge in [0.15, 0.2) is 0 Å². The molecule has 19 heavy (non-hydrogen) atoms. The molecule has 1 aromatic rings. The van der Waals surface area contributed by atoms with Crippen molar-refractivity contribution in [2.24, 2.45) is 0 Å². The van der Waals surface area contributed by atoms with Crippen molar-refractivity contribution in [2.75, 3.05) is 6.54 Å². The van der Waals surface area contributed by atoms with E-state index in [0.29, 0.717) is 22.7 Å². The number of aliphatic hydroxyl groups excluding tert-OH is 1. The van der Waals surface area contributed by atoms with Gasteiger partial charge in [-0.25, -0.2) is 13.1 Å². The first-order chi connectivity index (χ1) is 8.92. The first-order valence-corrected chi connectivity index (χ1v) is 8.18. The average Bonchev–Trinajstić information content (AvgIpc) is 2.37. The Hall–Kier alpha value is -0.620. The van der Waals surface area contributed by atoms with Crippen LogP contribution in [0, 0.1) is 6.92 Å². The second-order valence-corrected chi connectivity index (χ2v) is 6.62. The Morgan fingerprint density at radius 1 is 1.32 bits per heavy atom. The molecule has 1 rings (SSSR count). The number of hydrogen-bond donors (Lipinski definition) is 2. The summed E-state index contributed by atoms with van der Waals surface area (Å²) in [5.74, 6) is 0. The lowest BCUT2D eigenvalue weighted by molar-refractivity contribution is 0.280. The Kier molecular flexibility index (Phi) is 6.26. The average molecular weight is 306 g/mol. The highest BCUT2D eigenvalue weighted by Gasteiger charge is 2.19. The van der Waals surface area contributed by atoms with Gasteiger partial charge in [-0.15, -0.1) is 0 Å². The van der Waals surface area contributed by atoms with E-state index in [9.17, 15) is 13.5 Å². The van der Waals surface area contributed by atoms with Gasteiger partial charge in [0.2, 0.25) is 10.0 Å². The molecule has 0 aliphatic carbocycles. The number of sulfonamides is 1. The van der Waals surface area contributed by atoms with Crippen molar-refractivity contribution in [3.63, 3.8) is 0 Å². The summed E-state index contributed by atoms with van der Waals surface area (Å²) < 4.78 is 26.9. The zero-order valence-corrected chi connectivity index (χ0v) is 12.8. The third-order valence-electron chi connectivity index (χ3n) is 2.96. The minimum Gasteiger partial charge on any atom is -0.392 e. The summed E-state index contributed by atoms with van der Waals surface area (Å²) in [6, 6.07) is 2.99. The Balaban J connectivity index is 2.98. The molecule has 0 saturated carbocycles. The summed E-state index contributed by atoms with van der Waals surface area (Å²) in [5.41, 5.74) is 1.07. The second kappa shape index (κ2) is 7.24. The largest absolute Gasteiger partial charge is 0.392 e. The van der Waals surface area contributed by atoms with Gasteiger partial charge in [-0.2, -0.15) is 0 Å². The van der Waals surface area contributed by atoms with Crippen LogP contribution in [0.4, 0.5) is 0 Å². The van der Waals surface area contributed by atoms with Gasteiger partial charge in [0.25, 0.3) is 0 Å². The van der Waals surface area contributed by atoms with Crippen LogP contribution in [0.15, 0.2) is 17.0 Å². The monoisotopic (exact) mass is 305 g/mol. The smallest absolute Gasteiger partial charge is 0.240 e. The van der Waals surface area contributed by atoms with Gasteiger partial charge in [-0.3, -0.25) is 0 Å². The lowest BCUT2D eigenvalue weighted by atomic mass is 10.1. The van der Waals surface area contributed by atoms with Gasteiger partial charge in [0.05, 0.1) is 11.5 Å². The van der Waals surface area contributed by atoms with Crippen molar-refractivity contribution >= 4 is 21.6 Å². The van der Waals surface area contributed by atoms with Crippen LogP contribution in [0.1, 0.15) is 37.3 Å². The molecule has 0 unspecified atom stereocenters. The third-order valence-corrected chi connectivity index (χ3v) is 4.77. The molecular weight excluding hydrogens is 286 g/mol. The Morgan fingerprint density at radius 2 is 2.00 bits per heavy atom. The summed E-state index contributed by atoms with van der Waals surface area (Å²) in [4.78, 5) is 0.139. The predicted molar refractivity (Wildman–Crippen MR) is 76.8 cm³/mol. The number of unbranched alkanes of at least 4 members (excludes halogenated alkanes) is 2. The summed E-state index contributed by atoms with van der Waals surface area (Å²) in [6.45, 7) is 3.91. The van der Waals surface area contributed by atoms with Crippen molar-refractivity contribution in [2.45, 2.75) is 44.6 Å². The zero-order valence-electron chi connectivity index (χ0n) is 11.2. The topological polar surface area (TPSA) is 66.4 Å². The number of halogens is 1. The predicted octanol–water partition coefficient (Wildman–Crippen LogP) is 2.61. The highest BCUT2D eigenvalue weighted by atomic mass is 35.5. The molecule has 2 N–H and O–H groups in total. The highest BCUT2D eigenvalue weighted by Crippen LogP contribution is 2.24. The molecule has 0 radical (unpaired) electrons. The van der Waals surface area contributed by atoms with Crippen LogP contribution >= 0.6 is 11.6 Å². The number of aliphatic hydroxyl groups is 1. The van der Waals surface area contributed by atoms with E-state index in [4.69, 9.17) is 11.6 Å². The SMILES string of the molecule is CCCCCNS(=O)(=O)c1cc(Cl)cc(CO)c1C. The van der Waals surface area contributed by atoms with Crippen LogP contribution in [-0.2, 0) is 16.6 Å². The lowest BCUT2D eigenvalue weighted by Gasteiger charge is -2.12. The molecule has 0 spiro atoms. The summed E-state index contributed by atoms with van der Waals surface area (Å²) in [7, 11) is -3.57. The van der Waals surface area contributed by atoms with Crippen LogP contribution in [0.5, 0.6) is 0 Å². The molecule has 0 aromatic heterocycles. The van der Waals surface area contributed by atoms with Crippen molar-refractivity contribution in [1.29, 1.82) is 0 Å². The van der Waals surface area contributed by atoms with E-state index in [1.165, 1.54) is 6.07 Å². The van der Waals surface area contributed by atoms with E-state index in [0.717, 1.165) is 19.3 Å². The normalized spacial score (nSPS) is 11.8. The van der Waals surface area contributed by atoms with Gasteiger partial charge in [0, 0.05) is 11.6 Å². The highest BCUT2D eigenvalue weighted by molar-refractivity contribution is 7.89. The summed E-state index contributed by atoms with van der Waals surface area (Å²) in [5, 5.41) is 9.51.